The van der Waals surface area contributed by atoms with E-state index in [4.69, 9.17) is 11.6 Å². The molecule has 0 amide bonds. The summed E-state index contributed by atoms with van der Waals surface area (Å²) >= 11 is 5.69. The van der Waals surface area contributed by atoms with Crippen molar-refractivity contribution in [2.45, 2.75) is 18.6 Å². The van der Waals surface area contributed by atoms with Crippen LogP contribution < -0.4 is 0 Å². The first-order chi connectivity index (χ1) is 10.2. The predicted molar refractivity (Wildman–Crippen MR) is 87.8 cm³/mol. The quantitative estimate of drug-likeness (QED) is 0.564. The van der Waals surface area contributed by atoms with Gasteiger partial charge in [0.25, 0.3) is 0 Å². The summed E-state index contributed by atoms with van der Waals surface area (Å²) in [4.78, 5) is 0. The molecule has 0 bridgehead atoms. The van der Waals surface area contributed by atoms with Crippen molar-refractivity contribution in [3.05, 3.63) is 60.2 Å². The third kappa shape index (κ3) is 2.62. The lowest BCUT2D eigenvalue weighted by Gasteiger charge is -2.21. The fraction of sp³-hybridized carbons (Fsp3) is 0.222. The van der Waals surface area contributed by atoms with Crippen LogP contribution in [0.3, 0.4) is 0 Å². The Morgan fingerprint density at radius 2 is 1.38 bits per heavy atom. The number of aliphatic hydroxyl groups is 2. The number of halogens is 1. The summed E-state index contributed by atoms with van der Waals surface area (Å²) in [7, 11) is 0. The highest BCUT2D eigenvalue weighted by atomic mass is 35.5. The minimum atomic E-state index is -0.945. The van der Waals surface area contributed by atoms with Crippen molar-refractivity contribution in [2.75, 3.05) is 5.88 Å². The molecule has 0 saturated carbocycles. The van der Waals surface area contributed by atoms with E-state index in [-0.39, 0.29) is 0 Å². The molecule has 0 fully saturated rings. The lowest BCUT2D eigenvalue weighted by Crippen LogP contribution is -2.19. The number of hydrogen-bond acceptors (Lipinski definition) is 2. The van der Waals surface area contributed by atoms with Crippen LogP contribution >= 0.6 is 11.6 Å². The van der Waals surface area contributed by atoms with Crippen LogP contribution in [0.25, 0.3) is 21.5 Å². The van der Waals surface area contributed by atoms with Gasteiger partial charge >= 0.3 is 0 Å². The van der Waals surface area contributed by atoms with Crippen molar-refractivity contribution in [1.82, 2.24) is 0 Å². The van der Waals surface area contributed by atoms with Gasteiger partial charge < -0.3 is 10.2 Å². The molecule has 0 saturated heterocycles. The molecule has 3 aromatic carbocycles. The minimum Gasteiger partial charge on any atom is -0.390 e. The largest absolute Gasteiger partial charge is 0.390 e. The zero-order valence-electron chi connectivity index (χ0n) is 11.5. The Balaban J connectivity index is 2.29. The predicted octanol–water partition coefficient (Wildman–Crippen LogP) is 4.02. The Hall–Kier alpha value is -1.61. The maximum Gasteiger partial charge on any atom is 0.106 e. The van der Waals surface area contributed by atoms with Crippen LogP contribution in [0.1, 0.15) is 18.1 Å². The second kappa shape index (κ2) is 6.02. The summed E-state index contributed by atoms with van der Waals surface area (Å²) in [6.07, 6.45) is -1.45. The summed E-state index contributed by atoms with van der Waals surface area (Å²) in [5.41, 5.74) is 0.779. The van der Waals surface area contributed by atoms with E-state index in [0.29, 0.717) is 12.3 Å². The molecule has 2 N–H and O–H groups in total. The van der Waals surface area contributed by atoms with Crippen LogP contribution in [0.5, 0.6) is 0 Å². The second-order valence-electron chi connectivity index (χ2n) is 5.22. The molecule has 0 aliphatic carbocycles. The van der Waals surface area contributed by atoms with E-state index in [0.717, 1.165) is 27.1 Å². The Morgan fingerprint density at radius 1 is 0.857 bits per heavy atom. The Kier molecular flexibility index (Phi) is 4.11. The van der Waals surface area contributed by atoms with Gasteiger partial charge in [0, 0.05) is 5.88 Å². The van der Waals surface area contributed by atoms with E-state index < -0.39 is 12.2 Å². The smallest absolute Gasteiger partial charge is 0.106 e. The van der Waals surface area contributed by atoms with Crippen molar-refractivity contribution in [3.8, 4) is 0 Å². The monoisotopic (exact) mass is 300 g/mol. The average molecular weight is 301 g/mol. The molecule has 3 heteroatoms. The highest BCUT2D eigenvalue weighted by Gasteiger charge is 2.22. The van der Waals surface area contributed by atoms with Crippen LogP contribution in [-0.2, 0) is 0 Å². The molecule has 3 aromatic rings. The maximum atomic E-state index is 10.6. The van der Waals surface area contributed by atoms with Crippen molar-refractivity contribution in [1.29, 1.82) is 0 Å². The molecule has 0 aromatic heterocycles. The molecule has 3 rings (SSSR count). The molecular weight excluding hydrogens is 284 g/mol. The molecule has 2 unspecified atom stereocenters. The lowest BCUT2D eigenvalue weighted by atomic mass is 9.91. The molecule has 108 valence electrons. The molecule has 0 aliphatic heterocycles. The summed E-state index contributed by atoms with van der Waals surface area (Å²) < 4.78 is 0. The van der Waals surface area contributed by atoms with Crippen molar-refractivity contribution in [3.63, 3.8) is 0 Å². The highest BCUT2D eigenvalue weighted by molar-refractivity contribution is 6.17. The average Bonchev–Trinajstić information content (AvgIpc) is 2.52. The van der Waals surface area contributed by atoms with Gasteiger partial charge in [-0.15, -0.1) is 11.6 Å². The first-order valence-electron chi connectivity index (χ1n) is 7.05. The van der Waals surface area contributed by atoms with E-state index in [1.807, 2.05) is 48.5 Å². The van der Waals surface area contributed by atoms with Crippen LogP contribution in [0, 0.1) is 0 Å². The zero-order valence-corrected chi connectivity index (χ0v) is 12.3. The van der Waals surface area contributed by atoms with Gasteiger partial charge in [0.05, 0.1) is 6.10 Å². The number of fused-ring (bicyclic) bond motifs is 2. The van der Waals surface area contributed by atoms with E-state index in [1.54, 1.807) is 0 Å². The van der Waals surface area contributed by atoms with Crippen LogP contribution in [0.15, 0.2) is 54.6 Å². The number of benzene rings is 3. The molecule has 21 heavy (non-hydrogen) atoms. The van der Waals surface area contributed by atoms with Crippen LogP contribution in [0.4, 0.5) is 0 Å². The number of rotatable bonds is 4. The van der Waals surface area contributed by atoms with E-state index in [2.05, 4.69) is 6.07 Å². The molecule has 0 radical (unpaired) electrons. The topological polar surface area (TPSA) is 40.5 Å². The molecule has 2 nitrogen and oxygen atoms in total. The van der Waals surface area contributed by atoms with Gasteiger partial charge in [-0.1, -0.05) is 48.5 Å². The van der Waals surface area contributed by atoms with Crippen LogP contribution in [-0.4, -0.2) is 22.2 Å². The summed E-state index contributed by atoms with van der Waals surface area (Å²) in [5.74, 6) is 0.320. The fourth-order valence-electron chi connectivity index (χ4n) is 2.83. The third-order valence-electron chi connectivity index (χ3n) is 3.88. The normalized spacial score (nSPS) is 14.4. The number of alkyl halides is 1. The summed E-state index contributed by atoms with van der Waals surface area (Å²) in [6, 6.07) is 17.9. The summed E-state index contributed by atoms with van der Waals surface area (Å²) in [5, 5.41) is 24.8. The SMILES string of the molecule is OC(CCCl)C(O)c1c2ccccc2cc2ccccc12. The molecule has 2 atom stereocenters. The molecule has 0 heterocycles. The minimum absolute atomic E-state index is 0.320. The van der Waals surface area contributed by atoms with Gasteiger partial charge in [-0.2, -0.15) is 0 Å². The van der Waals surface area contributed by atoms with Crippen LogP contribution in [0.2, 0.25) is 0 Å². The first kappa shape index (κ1) is 14.3. The van der Waals surface area contributed by atoms with Gasteiger partial charge in [0.15, 0.2) is 0 Å². The van der Waals surface area contributed by atoms with E-state index in [1.165, 1.54) is 0 Å². The van der Waals surface area contributed by atoms with E-state index in [9.17, 15) is 10.2 Å². The Bertz CT molecular complexity index is 715. The van der Waals surface area contributed by atoms with Crippen molar-refractivity contribution >= 4 is 33.1 Å². The number of hydrogen-bond donors (Lipinski definition) is 2. The Morgan fingerprint density at radius 3 is 1.90 bits per heavy atom. The van der Waals surface area contributed by atoms with Crippen molar-refractivity contribution < 1.29 is 10.2 Å². The van der Waals surface area contributed by atoms with Gasteiger partial charge in [-0.05, 0) is 39.6 Å². The zero-order chi connectivity index (χ0) is 14.8. The van der Waals surface area contributed by atoms with E-state index >= 15 is 0 Å². The summed E-state index contributed by atoms with van der Waals surface area (Å²) in [6.45, 7) is 0. The first-order valence-corrected chi connectivity index (χ1v) is 7.58. The van der Waals surface area contributed by atoms with Gasteiger partial charge in [-0.3, -0.25) is 0 Å². The number of aliphatic hydroxyl groups excluding tert-OH is 2. The fourth-order valence-corrected chi connectivity index (χ4v) is 3.05. The van der Waals surface area contributed by atoms with Gasteiger partial charge in [-0.25, -0.2) is 0 Å². The standard InChI is InChI=1S/C18H17ClO2/c19-10-9-16(20)18(21)17-14-7-3-1-5-12(14)11-13-6-2-4-8-15(13)17/h1-8,11,16,18,20-21H,9-10H2. The molecule has 0 aliphatic rings. The second-order valence-corrected chi connectivity index (χ2v) is 5.60. The van der Waals surface area contributed by atoms with Gasteiger partial charge in [0.2, 0.25) is 0 Å². The van der Waals surface area contributed by atoms with Crippen molar-refractivity contribution in [2.24, 2.45) is 0 Å². The molecular formula is C18H17ClO2. The van der Waals surface area contributed by atoms with Gasteiger partial charge in [0.1, 0.15) is 6.10 Å². The Labute approximate surface area is 128 Å². The lowest BCUT2D eigenvalue weighted by molar-refractivity contribution is 0.0187. The maximum absolute atomic E-state index is 10.6. The highest BCUT2D eigenvalue weighted by Crippen LogP contribution is 2.34. The molecule has 0 spiro atoms. The third-order valence-corrected chi connectivity index (χ3v) is 4.10.